The standard InChI is InChI=1S/C72H66N5O2.Pt/c1-69(2,3)43-45-33-34-74-64(35-45)77-62-32-31-57-56-25-20-26-59(73-13)67(56)79-68(57)65(62)58-30-29-52(42-63(58)77)78-53-40-50(72(10,11)12)39-51(41-53)75-44-76(61-28-18-17-27-60(61)75)66-54(46-21-15-14-16-22-46)23-19-24-55(66)47-36-48(70(4,5)6)38-49(37-47)71(7,8)9;/h14-40,44H,43H2,1-12H3;/q-3;/i14D,15D,16D,21D,22D,43D2;. The fraction of sp³-hybridized carbons (Fsp3) is 0.236. The number of hydrogen-bond acceptors (Lipinski definition) is 5. The molecule has 80 heavy (non-hydrogen) atoms. The van der Waals surface area contributed by atoms with Gasteiger partial charge in [-0.05, 0) is 97.6 Å². The second-order valence-corrected chi connectivity index (χ2v) is 24.7. The van der Waals surface area contributed by atoms with Crippen LogP contribution in [0.5, 0.6) is 11.5 Å². The Morgan fingerprint density at radius 1 is 0.637 bits per heavy atom. The monoisotopic (exact) mass is 1230 g/mol. The Morgan fingerprint density at radius 2 is 1.27 bits per heavy atom. The molecule has 0 atom stereocenters. The van der Waals surface area contributed by atoms with E-state index in [1.54, 1.807) is 24.4 Å². The molecule has 0 aliphatic carbocycles. The van der Waals surface area contributed by atoms with Crippen LogP contribution < -0.4 is 14.5 Å². The molecule has 8 aromatic carbocycles. The molecule has 0 amide bonds. The van der Waals surface area contributed by atoms with Crippen LogP contribution >= 0.6 is 0 Å². The van der Waals surface area contributed by atoms with E-state index in [1.165, 1.54) is 0 Å². The second-order valence-electron chi connectivity index (χ2n) is 24.7. The van der Waals surface area contributed by atoms with Crippen molar-refractivity contribution in [1.29, 1.82) is 0 Å². The number of nitrogens with zero attached hydrogens (tertiary/aromatic N) is 5. The SMILES string of the molecule is [2H]c1c([2H])c([2H])c(-c2cccc(-c3cc(C(C)(C)C)cc(C(C)(C)C)c3)c2N2[CH-]N(c3[c-]c(Oc4[c-]c5c(cc4)c4c6oc7c([N+]#[C-])cccc7c6ccc4n5-c4cc(C([2H])([2H])C(C)(C)C)ccn4)cc(C(C)(C)C)c3)c3ccccc32)c([2H])c1[2H].[Pt]. The first-order valence-corrected chi connectivity index (χ1v) is 26.8. The van der Waals surface area contributed by atoms with Gasteiger partial charge in [0.05, 0.1) is 13.4 Å². The van der Waals surface area contributed by atoms with Crippen molar-refractivity contribution < 1.29 is 39.8 Å². The zero-order chi connectivity index (χ0) is 61.5. The molecule has 404 valence electrons. The van der Waals surface area contributed by atoms with E-state index in [1.807, 2.05) is 117 Å². The van der Waals surface area contributed by atoms with Crippen LogP contribution in [-0.2, 0) is 43.7 Å². The number of pyridine rings is 1. The normalized spacial score (nSPS) is 14.5. The van der Waals surface area contributed by atoms with E-state index in [-0.39, 0.29) is 55.0 Å². The third-order valence-corrected chi connectivity index (χ3v) is 14.7. The first-order chi connectivity index (χ1) is 40.5. The van der Waals surface area contributed by atoms with Crippen LogP contribution in [0.3, 0.4) is 0 Å². The van der Waals surface area contributed by atoms with Crippen molar-refractivity contribution in [1.82, 2.24) is 9.55 Å². The topological polar surface area (TPSA) is 51.0 Å². The number of ether oxygens (including phenoxy) is 1. The predicted octanol–water partition coefficient (Wildman–Crippen LogP) is 20.2. The molecule has 0 saturated carbocycles. The van der Waals surface area contributed by atoms with Crippen molar-refractivity contribution in [2.75, 3.05) is 9.80 Å². The number of furan rings is 1. The molecule has 3 aromatic heterocycles. The maximum Gasteiger partial charge on any atom is 0.229 e. The molecule has 12 rings (SSSR count). The number of aromatic nitrogens is 2. The van der Waals surface area contributed by atoms with Crippen molar-refractivity contribution >= 4 is 72.2 Å². The maximum absolute atomic E-state index is 9.35. The van der Waals surface area contributed by atoms with Gasteiger partial charge in [-0.1, -0.05) is 191 Å². The molecule has 8 heteroatoms. The van der Waals surface area contributed by atoms with E-state index in [4.69, 9.17) is 24.8 Å². The predicted molar refractivity (Wildman–Crippen MR) is 328 cm³/mol. The molecule has 0 unspecified atom stereocenters. The third kappa shape index (κ3) is 9.87. The van der Waals surface area contributed by atoms with E-state index >= 15 is 0 Å². The van der Waals surface area contributed by atoms with Crippen LogP contribution in [0, 0.1) is 30.8 Å². The molecule has 0 radical (unpaired) electrons. The largest absolute Gasteiger partial charge is 0.509 e. The summed E-state index contributed by atoms with van der Waals surface area (Å²) in [7, 11) is 0. The Bertz CT molecular complexity index is 4600. The van der Waals surface area contributed by atoms with Gasteiger partial charge in [-0.25, -0.2) is 9.83 Å². The van der Waals surface area contributed by atoms with Gasteiger partial charge in [0.15, 0.2) is 0 Å². The van der Waals surface area contributed by atoms with Crippen LogP contribution in [0.15, 0.2) is 168 Å². The Kier molecular flexibility index (Phi) is 11.5. The summed E-state index contributed by atoms with van der Waals surface area (Å²) in [6, 6.07) is 46.9. The minimum absolute atomic E-state index is 0. The summed E-state index contributed by atoms with van der Waals surface area (Å²) in [6.07, 6.45) is -0.0800. The van der Waals surface area contributed by atoms with Gasteiger partial charge in [0.25, 0.3) is 0 Å². The molecular formula is C72H66N5O2Pt-3. The van der Waals surface area contributed by atoms with Crippen LogP contribution in [-0.4, -0.2) is 9.55 Å². The van der Waals surface area contributed by atoms with Gasteiger partial charge in [-0.3, -0.25) is 0 Å². The summed E-state index contributed by atoms with van der Waals surface area (Å²) in [5.74, 6) is 1.27. The zero-order valence-electron chi connectivity index (χ0n) is 54.1. The van der Waals surface area contributed by atoms with Gasteiger partial charge in [0.1, 0.15) is 17.0 Å². The van der Waals surface area contributed by atoms with E-state index in [9.17, 15) is 5.48 Å². The van der Waals surface area contributed by atoms with Gasteiger partial charge in [0, 0.05) is 86.0 Å². The minimum atomic E-state index is -1.72. The summed E-state index contributed by atoms with van der Waals surface area (Å²) < 4.78 is 79.1. The van der Waals surface area contributed by atoms with E-state index < -0.39 is 29.9 Å². The number of para-hydroxylation sites is 4. The Morgan fingerprint density at radius 3 is 1.95 bits per heavy atom. The van der Waals surface area contributed by atoms with Crippen LogP contribution in [0.4, 0.5) is 28.4 Å². The summed E-state index contributed by atoms with van der Waals surface area (Å²) in [5, 5.41) is 3.24. The quantitative estimate of drug-likeness (QED) is 0.142. The molecule has 0 spiro atoms. The smallest absolute Gasteiger partial charge is 0.229 e. The summed E-state index contributed by atoms with van der Waals surface area (Å²) in [6.45, 7) is 35.2. The van der Waals surface area contributed by atoms with Crippen LogP contribution in [0.25, 0.3) is 76.7 Å². The fourth-order valence-electron chi connectivity index (χ4n) is 10.7. The number of fused-ring (bicyclic) bond motifs is 8. The van der Waals surface area contributed by atoms with E-state index in [0.717, 1.165) is 66.3 Å². The fourth-order valence-corrected chi connectivity index (χ4v) is 10.7. The average Bonchev–Trinajstić information content (AvgIpc) is 1.62. The Balaban J connectivity index is 0.00000784. The molecule has 1 aliphatic rings. The molecule has 11 aromatic rings. The van der Waals surface area contributed by atoms with Gasteiger partial charge in [0.2, 0.25) is 5.69 Å². The number of anilines is 4. The summed E-state index contributed by atoms with van der Waals surface area (Å²) >= 11 is 0. The van der Waals surface area contributed by atoms with Gasteiger partial charge < -0.3 is 23.5 Å². The summed E-state index contributed by atoms with van der Waals surface area (Å²) in [5.41, 5.74) is 10.2. The van der Waals surface area contributed by atoms with E-state index in [0.29, 0.717) is 62.2 Å². The number of rotatable bonds is 8. The molecule has 0 bridgehead atoms. The zero-order valence-corrected chi connectivity index (χ0v) is 49.4. The Labute approximate surface area is 495 Å². The van der Waals surface area contributed by atoms with E-state index in [2.05, 4.69) is 113 Å². The third-order valence-electron chi connectivity index (χ3n) is 14.7. The van der Waals surface area contributed by atoms with Crippen LogP contribution in [0.1, 0.15) is 115 Å². The second kappa shape index (κ2) is 20.0. The molecule has 0 fully saturated rings. The van der Waals surface area contributed by atoms with Crippen molar-refractivity contribution in [2.24, 2.45) is 5.41 Å². The summed E-state index contributed by atoms with van der Waals surface area (Å²) in [4.78, 5) is 12.8. The Hall–Kier alpha value is -7.91. The molecule has 7 nitrogen and oxygen atoms in total. The first kappa shape index (κ1) is 45.9. The molecule has 0 saturated heterocycles. The van der Waals surface area contributed by atoms with Crippen molar-refractivity contribution in [3.8, 4) is 39.6 Å². The number of hydrogen-bond donors (Lipinski definition) is 0. The van der Waals surface area contributed by atoms with Gasteiger partial charge >= 0.3 is 0 Å². The molecular weight excluding hydrogens is 1160 g/mol. The maximum atomic E-state index is 9.35. The van der Waals surface area contributed by atoms with Crippen molar-refractivity contribution in [3.05, 3.63) is 216 Å². The molecule has 0 N–H and O–H groups in total. The van der Waals surface area contributed by atoms with Gasteiger partial charge in [-0.2, -0.15) is 6.07 Å². The molecule has 1 aliphatic heterocycles. The minimum Gasteiger partial charge on any atom is -0.509 e. The van der Waals surface area contributed by atoms with Crippen LogP contribution in [0.2, 0.25) is 0 Å². The number of benzene rings is 8. The first-order valence-electron chi connectivity index (χ1n) is 30.3. The van der Waals surface area contributed by atoms with Crippen molar-refractivity contribution in [3.63, 3.8) is 0 Å². The average molecular weight is 1240 g/mol. The van der Waals surface area contributed by atoms with Crippen molar-refractivity contribution in [2.45, 2.75) is 106 Å². The molecule has 4 heterocycles. The van der Waals surface area contributed by atoms with Gasteiger partial charge in [-0.15, -0.1) is 48.3 Å².